The first-order chi connectivity index (χ1) is 11.4. The summed E-state index contributed by atoms with van der Waals surface area (Å²) in [6.45, 7) is 0. The van der Waals surface area contributed by atoms with Gasteiger partial charge in [-0.15, -0.1) is 0 Å². The minimum absolute atomic E-state index is 0. The predicted octanol–water partition coefficient (Wildman–Crippen LogP) is 3.26. The minimum atomic E-state index is -0.912. The molecule has 0 fully saturated rings. The Kier molecular flexibility index (Phi) is 10.4. The van der Waals surface area contributed by atoms with Gasteiger partial charge in [-0.2, -0.15) is 0 Å². The van der Waals surface area contributed by atoms with Gasteiger partial charge in [-0.1, -0.05) is 25.3 Å². The van der Waals surface area contributed by atoms with Crippen LogP contribution >= 0.6 is 0 Å². The van der Waals surface area contributed by atoms with Crippen LogP contribution in [0, 0.1) is 10.1 Å². The molecule has 1 aromatic carbocycles. The molecule has 0 aliphatic rings. The molecule has 1 aromatic rings. The van der Waals surface area contributed by atoms with Gasteiger partial charge in [-0.05, 0) is 18.9 Å². The minimum Gasteiger partial charge on any atom is -0.481 e. The van der Waals surface area contributed by atoms with Crippen LogP contribution in [0.5, 0.6) is 0 Å². The Balaban J connectivity index is 0.00000576. The van der Waals surface area contributed by atoms with E-state index in [0.29, 0.717) is 12.8 Å². The molecule has 0 bridgehead atoms. The number of carboxylic acids is 1. The van der Waals surface area contributed by atoms with Gasteiger partial charge in [0.05, 0.1) is 10.5 Å². The fourth-order valence-corrected chi connectivity index (χ4v) is 2.04. The van der Waals surface area contributed by atoms with Crippen LogP contribution in [-0.4, -0.2) is 27.9 Å². The van der Waals surface area contributed by atoms with Gasteiger partial charge in [-0.25, -0.2) is 4.79 Å². The van der Waals surface area contributed by atoms with Gasteiger partial charge >= 0.3 is 17.9 Å². The summed E-state index contributed by atoms with van der Waals surface area (Å²) < 4.78 is 4.65. The highest BCUT2D eigenvalue weighted by Gasteiger charge is 2.15. The monoisotopic (exact) mass is 354 g/mol. The Labute approximate surface area is 144 Å². The largest absolute Gasteiger partial charge is 0.481 e. The topological polar surface area (TPSA) is 159 Å². The number of nitrogens with zero attached hydrogens (tertiary/aromatic N) is 1. The molecule has 0 heterocycles. The quantitative estimate of drug-likeness (QED) is 0.213. The zero-order valence-corrected chi connectivity index (χ0v) is 13.8. The zero-order valence-electron chi connectivity index (χ0n) is 13.8. The molecule has 138 valence electrons. The number of hydrogen-bond acceptors (Lipinski definition) is 7. The highest BCUT2D eigenvalue weighted by atomic mass is 16.6. The maximum absolute atomic E-state index is 11.7. The second kappa shape index (κ2) is 11.7. The number of carbonyl (C=O) groups excluding carboxylic acids is 2. The molecule has 0 aliphatic heterocycles. The van der Waals surface area contributed by atoms with Crippen molar-refractivity contribution in [1.82, 2.24) is 6.15 Å². The predicted molar refractivity (Wildman–Crippen MR) is 88.5 cm³/mol. The first-order valence-corrected chi connectivity index (χ1v) is 7.61. The maximum Gasteiger partial charge on any atom is 0.346 e. The average molecular weight is 354 g/mol. The number of carbonyl (C=O) groups is 3. The maximum atomic E-state index is 11.7. The summed E-state index contributed by atoms with van der Waals surface area (Å²) in [5.74, 6) is -2.42. The van der Waals surface area contributed by atoms with E-state index in [1.54, 1.807) is 0 Å². The first kappa shape index (κ1) is 22.2. The number of aliphatic carboxylic acids is 1. The summed E-state index contributed by atoms with van der Waals surface area (Å²) in [6, 6.07) is 4.97. The van der Waals surface area contributed by atoms with Gasteiger partial charge in [-0.3, -0.25) is 19.7 Å². The average Bonchev–Trinajstić information content (AvgIpc) is 2.53. The third-order valence-corrected chi connectivity index (χ3v) is 3.27. The molecule has 0 unspecified atom stereocenters. The Morgan fingerprint density at radius 1 is 1.04 bits per heavy atom. The van der Waals surface area contributed by atoms with Crippen molar-refractivity contribution in [3.05, 3.63) is 39.9 Å². The smallest absolute Gasteiger partial charge is 0.346 e. The molecular formula is C16H22N2O7. The molecule has 0 aliphatic carbocycles. The molecule has 9 heteroatoms. The lowest BCUT2D eigenvalue weighted by Gasteiger charge is -2.03. The zero-order chi connectivity index (χ0) is 17.9. The fraction of sp³-hybridized carbons (Fsp3) is 0.438. The molecule has 0 aromatic heterocycles. The number of unbranched alkanes of at least 4 members (excludes halogenated alkanes) is 4. The highest BCUT2D eigenvalue weighted by molar-refractivity contribution is 5.97. The van der Waals surface area contributed by atoms with E-state index in [1.807, 2.05) is 0 Å². The van der Waals surface area contributed by atoms with Crippen LogP contribution in [0.1, 0.15) is 55.3 Å². The fourth-order valence-electron chi connectivity index (χ4n) is 2.04. The Morgan fingerprint density at radius 3 is 2.24 bits per heavy atom. The van der Waals surface area contributed by atoms with Gasteiger partial charge in [0.15, 0.2) is 0 Å². The summed E-state index contributed by atoms with van der Waals surface area (Å²) in [6.07, 6.45) is 3.66. The van der Waals surface area contributed by atoms with Crippen LogP contribution < -0.4 is 6.15 Å². The van der Waals surface area contributed by atoms with Gasteiger partial charge in [0.1, 0.15) is 0 Å². The van der Waals surface area contributed by atoms with E-state index in [9.17, 15) is 24.5 Å². The molecule has 25 heavy (non-hydrogen) atoms. The Bertz CT molecular complexity index is 616. The van der Waals surface area contributed by atoms with E-state index in [4.69, 9.17) is 5.11 Å². The molecular weight excluding hydrogens is 332 g/mol. The SMILES string of the molecule is N.O=C(O)CCCCCCCC(=O)OC(=O)c1cccc([N+](=O)[O-])c1. The molecule has 0 saturated heterocycles. The lowest BCUT2D eigenvalue weighted by molar-refractivity contribution is -0.384. The standard InChI is InChI=1S/C16H19NO7.H3N/c18-14(19)9-4-2-1-3-5-10-15(20)24-16(21)12-7-6-8-13(11-12)17(22)23;/h6-8,11H,1-5,9-10H2,(H,18,19);1H3. The van der Waals surface area contributed by atoms with E-state index in [1.165, 1.54) is 18.2 Å². The van der Waals surface area contributed by atoms with Crippen LogP contribution in [0.25, 0.3) is 0 Å². The number of benzene rings is 1. The molecule has 9 nitrogen and oxygen atoms in total. The van der Waals surface area contributed by atoms with Crippen LogP contribution in [0.4, 0.5) is 5.69 Å². The van der Waals surface area contributed by atoms with Gasteiger partial charge in [0.25, 0.3) is 5.69 Å². The van der Waals surface area contributed by atoms with Crippen molar-refractivity contribution < 1.29 is 29.2 Å². The second-order valence-electron chi connectivity index (χ2n) is 5.23. The number of nitro benzene ring substituents is 1. The number of carboxylic acid groups (broad SMARTS) is 1. The van der Waals surface area contributed by atoms with Crippen LogP contribution in [0.2, 0.25) is 0 Å². The molecule has 0 saturated carbocycles. The van der Waals surface area contributed by atoms with E-state index in [-0.39, 0.29) is 30.2 Å². The third-order valence-electron chi connectivity index (χ3n) is 3.27. The summed E-state index contributed by atoms with van der Waals surface area (Å²) in [5.41, 5.74) is -0.301. The third kappa shape index (κ3) is 9.16. The number of esters is 2. The Morgan fingerprint density at radius 2 is 1.64 bits per heavy atom. The van der Waals surface area contributed by atoms with Crippen molar-refractivity contribution in [2.45, 2.75) is 44.9 Å². The molecule has 0 amide bonds. The number of hydrogen-bond donors (Lipinski definition) is 2. The van der Waals surface area contributed by atoms with Crippen molar-refractivity contribution in [2.24, 2.45) is 0 Å². The van der Waals surface area contributed by atoms with Gasteiger partial charge in [0.2, 0.25) is 0 Å². The van der Waals surface area contributed by atoms with Crippen molar-refractivity contribution in [3.63, 3.8) is 0 Å². The first-order valence-electron chi connectivity index (χ1n) is 7.61. The van der Waals surface area contributed by atoms with Crippen molar-refractivity contribution >= 4 is 23.6 Å². The van der Waals surface area contributed by atoms with Crippen LogP contribution in [-0.2, 0) is 14.3 Å². The van der Waals surface area contributed by atoms with E-state index in [0.717, 1.165) is 25.3 Å². The summed E-state index contributed by atoms with van der Waals surface area (Å²) in [4.78, 5) is 43.6. The van der Waals surface area contributed by atoms with Gasteiger partial charge in [0, 0.05) is 25.0 Å². The van der Waals surface area contributed by atoms with Crippen molar-refractivity contribution in [2.75, 3.05) is 0 Å². The Hall–Kier alpha value is -2.81. The van der Waals surface area contributed by atoms with Crippen LogP contribution in [0.3, 0.4) is 0 Å². The van der Waals surface area contributed by atoms with E-state index in [2.05, 4.69) is 4.74 Å². The van der Waals surface area contributed by atoms with Gasteiger partial charge < -0.3 is 16.0 Å². The van der Waals surface area contributed by atoms with E-state index >= 15 is 0 Å². The number of nitro groups is 1. The van der Waals surface area contributed by atoms with Crippen molar-refractivity contribution in [3.8, 4) is 0 Å². The lowest BCUT2D eigenvalue weighted by atomic mass is 10.1. The number of non-ortho nitro benzene ring substituents is 1. The van der Waals surface area contributed by atoms with E-state index < -0.39 is 22.8 Å². The molecule has 0 radical (unpaired) electrons. The van der Waals surface area contributed by atoms with Crippen LogP contribution in [0.15, 0.2) is 24.3 Å². The molecule has 1 rings (SSSR count). The van der Waals surface area contributed by atoms with Crippen molar-refractivity contribution in [1.29, 1.82) is 0 Å². The normalized spacial score (nSPS) is 9.76. The summed E-state index contributed by atoms with van der Waals surface area (Å²) in [7, 11) is 0. The molecule has 0 spiro atoms. The lowest BCUT2D eigenvalue weighted by Crippen LogP contribution is -2.12. The molecule has 4 N–H and O–H groups in total. The summed E-state index contributed by atoms with van der Waals surface area (Å²) >= 11 is 0. The second-order valence-corrected chi connectivity index (χ2v) is 5.23. The highest BCUT2D eigenvalue weighted by Crippen LogP contribution is 2.14. The summed E-state index contributed by atoms with van der Waals surface area (Å²) in [5, 5.41) is 19.1. The molecule has 0 atom stereocenters. The number of ether oxygens (including phenoxy) is 1. The number of rotatable bonds is 10.